The predicted molar refractivity (Wildman–Crippen MR) is 132 cm³/mol. The van der Waals surface area contributed by atoms with E-state index in [1.54, 1.807) is 0 Å². The van der Waals surface area contributed by atoms with E-state index in [1.165, 1.54) is 25.7 Å². The Kier molecular flexibility index (Phi) is 10.2. The van der Waals surface area contributed by atoms with E-state index in [9.17, 15) is 4.79 Å². The average Bonchev–Trinajstić information content (AvgIpc) is 3.54. The van der Waals surface area contributed by atoms with Gasteiger partial charge in [-0.1, -0.05) is 26.0 Å². The first-order chi connectivity index (χ1) is 14.0. The van der Waals surface area contributed by atoms with Crippen LogP contribution in [0.2, 0.25) is 0 Å². The number of hydrogen-bond acceptors (Lipinski definition) is 3. The Morgan fingerprint density at radius 2 is 1.77 bits per heavy atom. The summed E-state index contributed by atoms with van der Waals surface area (Å²) in [5, 5.41) is 9.90. The Morgan fingerprint density at radius 1 is 1.10 bits per heavy atom. The topological polar surface area (TPSA) is 74.8 Å². The third kappa shape index (κ3) is 8.32. The number of carbonyl (C=O) groups is 1. The standard InChI is InChI=1S/C23H36N4O2.HI/c1-16(2)18-7-9-20(10-8-18)27-23(24-3)25-14-17-5-4-6-21(13-17)29-15-22(28)26-19-11-12-19;/h4-6,13,16,18-20H,7-12,14-15H2,1-3H3,(H,26,28)(H2,24,25,27);1H. The Bertz CT molecular complexity index is 698. The third-order valence-electron chi connectivity index (χ3n) is 5.95. The fraction of sp³-hybridized carbons (Fsp3) is 0.652. The van der Waals surface area contributed by atoms with E-state index in [1.807, 2.05) is 31.3 Å². The molecule has 0 unspecified atom stereocenters. The van der Waals surface area contributed by atoms with Gasteiger partial charge in [0.1, 0.15) is 5.75 Å². The first kappa shape index (κ1) is 24.8. The van der Waals surface area contributed by atoms with Gasteiger partial charge in [0.05, 0.1) is 0 Å². The van der Waals surface area contributed by atoms with Crippen molar-refractivity contribution in [3.63, 3.8) is 0 Å². The molecule has 0 radical (unpaired) electrons. The summed E-state index contributed by atoms with van der Waals surface area (Å²) < 4.78 is 5.64. The number of rotatable bonds is 8. The molecule has 2 aliphatic carbocycles. The highest BCUT2D eigenvalue weighted by atomic mass is 127. The molecule has 0 heterocycles. The van der Waals surface area contributed by atoms with E-state index in [-0.39, 0.29) is 36.5 Å². The Labute approximate surface area is 198 Å². The molecule has 1 amide bonds. The summed E-state index contributed by atoms with van der Waals surface area (Å²) in [7, 11) is 1.81. The molecule has 0 spiro atoms. The predicted octanol–water partition coefficient (Wildman–Crippen LogP) is 3.84. The Hall–Kier alpha value is -1.51. The summed E-state index contributed by atoms with van der Waals surface area (Å²) in [6.07, 6.45) is 7.16. The molecular formula is C23H37IN4O2. The van der Waals surface area contributed by atoms with Crippen molar-refractivity contribution in [2.45, 2.75) is 71.0 Å². The molecule has 0 atom stereocenters. The summed E-state index contributed by atoms with van der Waals surface area (Å²) in [6.45, 7) is 5.38. The van der Waals surface area contributed by atoms with Crippen molar-refractivity contribution in [1.29, 1.82) is 0 Å². The van der Waals surface area contributed by atoms with Crippen LogP contribution in [-0.2, 0) is 11.3 Å². The van der Waals surface area contributed by atoms with Crippen molar-refractivity contribution in [2.24, 2.45) is 16.8 Å². The van der Waals surface area contributed by atoms with Gasteiger partial charge in [0.2, 0.25) is 0 Å². The number of ether oxygens (including phenoxy) is 1. The largest absolute Gasteiger partial charge is 0.484 e. The van der Waals surface area contributed by atoms with E-state index >= 15 is 0 Å². The summed E-state index contributed by atoms with van der Waals surface area (Å²) in [4.78, 5) is 16.2. The molecule has 3 N–H and O–H groups in total. The van der Waals surface area contributed by atoms with Crippen LogP contribution in [0.1, 0.15) is 57.9 Å². The molecule has 1 aromatic carbocycles. The SMILES string of the molecule is CN=C(NCc1cccc(OCC(=O)NC2CC2)c1)NC1CCC(C(C)C)CC1.I. The maximum absolute atomic E-state index is 11.8. The smallest absolute Gasteiger partial charge is 0.258 e. The minimum absolute atomic E-state index is 0. The van der Waals surface area contributed by atoms with Gasteiger partial charge in [0, 0.05) is 25.7 Å². The summed E-state index contributed by atoms with van der Waals surface area (Å²) in [6, 6.07) is 8.71. The van der Waals surface area contributed by atoms with E-state index in [0.29, 0.717) is 24.4 Å². The van der Waals surface area contributed by atoms with E-state index in [2.05, 4.69) is 34.8 Å². The lowest BCUT2D eigenvalue weighted by Gasteiger charge is -2.32. The van der Waals surface area contributed by atoms with Crippen LogP contribution in [0, 0.1) is 11.8 Å². The first-order valence-electron chi connectivity index (χ1n) is 11.0. The number of guanidine groups is 1. The lowest BCUT2D eigenvalue weighted by molar-refractivity contribution is -0.123. The maximum Gasteiger partial charge on any atom is 0.258 e. The number of aliphatic imine (C=N–C) groups is 1. The molecule has 0 bridgehead atoms. The normalized spacial score (nSPS) is 21.5. The number of carbonyl (C=O) groups excluding carboxylic acids is 1. The fourth-order valence-electron chi connectivity index (χ4n) is 3.90. The van der Waals surface area contributed by atoms with E-state index in [4.69, 9.17) is 4.74 Å². The number of nitrogens with one attached hydrogen (secondary N) is 3. The van der Waals surface area contributed by atoms with Gasteiger partial charge < -0.3 is 20.7 Å². The molecule has 0 saturated heterocycles. The van der Waals surface area contributed by atoms with Crippen molar-refractivity contribution in [1.82, 2.24) is 16.0 Å². The number of halogens is 1. The van der Waals surface area contributed by atoms with Gasteiger partial charge in [0.15, 0.2) is 12.6 Å². The zero-order chi connectivity index (χ0) is 20.6. The molecule has 7 heteroatoms. The van der Waals surface area contributed by atoms with Crippen LogP contribution in [0.4, 0.5) is 0 Å². The monoisotopic (exact) mass is 528 g/mol. The van der Waals surface area contributed by atoms with Crippen molar-refractivity contribution in [3.8, 4) is 5.75 Å². The van der Waals surface area contributed by atoms with Gasteiger partial charge in [0.25, 0.3) is 5.91 Å². The van der Waals surface area contributed by atoms with Crippen molar-refractivity contribution >= 4 is 35.8 Å². The van der Waals surface area contributed by atoms with Gasteiger partial charge in [-0.3, -0.25) is 9.79 Å². The van der Waals surface area contributed by atoms with Crippen LogP contribution in [0.15, 0.2) is 29.3 Å². The van der Waals surface area contributed by atoms with Crippen molar-refractivity contribution in [2.75, 3.05) is 13.7 Å². The van der Waals surface area contributed by atoms with Crippen LogP contribution in [0.5, 0.6) is 5.75 Å². The lowest BCUT2D eigenvalue weighted by Crippen LogP contribution is -2.44. The molecule has 6 nitrogen and oxygen atoms in total. The lowest BCUT2D eigenvalue weighted by atomic mass is 9.80. The average molecular weight is 528 g/mol. The van der Waals surface area contributed by atoms with E-state index in [0.717, 1.165) is 36.2 Å². The third-order valence-corrected chi connectivity index (χ3v) is 5.95. The molecule has 0 aliphatic heterocycles. The second-order valence-corrected chi connectivity index (χ2v) is 8.70. The fourth-order valence-corrected chi connectivity index (χ4v) is 3.90. The highest BCUT2D eigenvalue weighted by molar-refractivity contribution is 14.0. The molecule has 2 aliphatic rings. The molecule has 30 heavy (non-hydrogen) atoms. The number of benzene rings is 1. The van der Waals surface area contributed by atoms with Gasteiger partial charge in [-0.2, -0.15) is 0 Å². The Morgan fingerprint density at radius 3 is 2.40 bits per heavy atom. The van der Waals surface area contributed by atoms with Crippen LogP contribution in [0.25, 0.3) is 0 Å². The Balaban J connectivity index is 0.00000320. The number of hydrogen-bond donors (Lipinski definition) is 3. The van der Waals surface area contributed by atoms with Gasteiger partial charge in [-0.15, -0.1) is 24.0 Å². The number of nitrogens with zero attached hydrogens (tertiary/aromatic N) is 1. The van der Waals surface area contributed by atoms with Crippen molar-refractivity contribution in [3.05, 3.63) is 29.8 Å². The molecule has 3 rings (SSSR count). The quantitative estimate of drug-likeness (QED) is 0.272. The second kappa shape index (κ2) is 12.4. The highest BCUT2D eigenvalue weighted by Gasteiger charge is 2.24. The first-order valence-corrected chi connectivity index (χ1v) is 11.0. The van der Waals surface area contributed by atoms with Crippen LogP contribution in [0.3, 0.4) is 0 Å². The zero-order valence-electron chi connectivity index (χ0n) is 18.4. The molecule has 2 fully saturated rings. The molecule has 2 saturated carbocycles. The van der Waals surface area contributed by atoms with Crippen molar-refractivity contribution < 1.29 is 9.53 Å². The molecular weight excluding hydrogens is 491 g/mol. The summed E-state index contributed by atoms with van der Waals surface area (Å²) in [5.41, 5.74) is 1.09. The second-order valence-electron chi connectivity index (χ2n) is 8.70. The van der Waals surface area contributed by atoms with Crippen LogP contribution >= 0.6 is 24.0 Å². The van der Waals surface area contributed by atoms with Crippen LogP contribution < -0.4 is 20.7 Å². The van der Waals surface area contributed by atoms with Gasteiger partial charge in [-0.05, 0) is 68.1 Å². The van der Waals surface area contributed by atoms with E-state index < -0.39 is 0 Å². The van der Waals surface area contributed by atoms with Crippen LogP contribution in [-0.4, -0.2) is 37.6 Å². The molecule has 0 aromatic heterocycles. The molecule has 1 aromatic rings. The highest BCUT2D eigenvalue weighted by Crippen LogP contribution is 2.29. The zero-order valence-corrected chi connectivity index (χ0v) is 20.8. The maximum atomic E-state index is 11.8. The molecule has 168 valence electrons. The minimum atomic E-state index is -0.0483. The summed E-state index contributed by atoms with van der Waals surface area (Å²) >= 11 is 0. The van der Waals surface area contributed by atoms with Gasteiger partial charge in [-0.25, -0.2) is 0 Å². The summed E-state index contributed by atoms with van der Waals surface area (Å²) in [5.74, 6) is 3.14. The number of amides is 1. The minimum Gasteiger partial charge on any atom is -0.484 e. The van der Waals surface area contributed by atoms with Gasteiger partial charge >= 0.3 is 0 Å².